The third-order valence-electron chi connectivity index (χ3n) is 4.61. The first-order valence-corrected chi connectivity index (χ1v) is 8.83. The van der Waals surface area contributed by atoms with Gasteiger partial charge in [-0.25, -0.2) is 4.98 Å². The van der Waals surface area contributed by atoms with Crippen molar-refractivity contribution in [3.05, 3.63) is 40.0 Å². The number of halogens is 2. The summed E-state index contributed by atoms with van der Waals surface area (Å²) < 4.78 is 0. The molecule has 1 amide bonds. The van der Waals surface area contributed by atoms with Gasteiger partial charge in [0, 0.05) is 11.9 Å². The van der Waals surface area contributed by atoms with E-state index < -0.39 is 0 Å². The molecule has 0 spiro atoms. The molecule has 1 aliphatic rings. The Morgan fingerprint density at radius 1 is 1.26 bits per heavy atom. The van der Waals surface area contributed by atoms with Crippen LogP contribution in [-0.2, 0) is 0 Å². The number of aromatic nitrogens is 1. The van der Waals surface area contributed by atoms with Crippen LogP contribution in [0.1, 0.15) is 43.0 Å². The lowest BCUT2D eigenvalue weighted by atomic mass is 9.82. The molecule has 2 unspecified atom stereocenters. The van der Waals surface area contributed by atoms with Gasteiger partial charge in [-0.15, -0.1) is 0 Å². The number of hydrogen-bond donors (Lipinski definition) is 1. The number of nitrogens with one attached hydrogen (secondary N) is 1. The average Bonchev–Trinajstić information content (AvgIpc) is 2.53. The fourth-order valence-electron chi connectivity index (χ4n) is 3.45. The largest absolute Gasteiger partial charge is 0.352 e. The molecule has 0 aliphatic heterocycles. The van der Waals surface area contributed by atoms with Gasteiger partial charge in [-0.1, -0.05) is 43.0 Å². The van der Waals surface area contributed by atoms with Crippen molar-refractivity contribution in [1.82, 2.24) is 10.3 Å². The lowest BCUT2D eigenvalue weighted by Gasteiger charge is -2.26. The lowest BCUT2D eigenvalue weighted by Crippen LogP contribution is -2.31. The second kappa shape index (κ2) is 7.06. The van der Waals surface area contributed by atoms with Gasteiger partial charge in [0.1, 0.15) is 5.15 Å². The maximum absolute atomic E-state index is 12.6. The molecule has 1 aliphatic carbocycles. The average molecular weight is 351 g/mol. The first-order chi connectivity index (χ1) is 11.0. The van der Waals surface area contributed by atoms with Crippen LogP contribution in [0.25, 0.3) is 10.9 Å². The van der Waals surface area contributed by atoms with Crippen molar-refractivity contribution in [3.8, 4) is 0 Å². The molecule has 3 rings (SSSR count). The molecule has 0 radical (unpaired) electrons. The van der Waals surface area contributed by atoms with Crippen molar-refractivity contribution in [1.29, 1.82) is 0 Å². The fourth-order valence-corrected chi connectivity index (χ4v) is 3.86. The zero-order valence-corrected chi connectivity index (χ0v) is 14.6. The number of hydrogen-bond acceptors (Lipinski definition) is 2. The van der Waals surface area contributed by atoms with Crippen molar-refractivity contribution in [2.45, 2.75) is 32.6 Å². The number of pyridine rings is 1. The normalized spacial score (nSPS) is 21.3. The summed E-state index contributed by atoms with van der Waals surface area (Å²) in [6, 6.07) is 6.96. The van der Waals surface area contributed by atoms with Crippen LogP contribution in [0, 0.1) is 11.8 Å². The van der Waals surface area contributed by atoms with E-state index in [9.17, 15) is 4.79 Å². The first kappa shape index (κ1) is 16.5. The van der Waals surface area contributed by atoms with E-state index >= 15 is 0 Å². The fraction of sp³-hybridized carbons (Fsp3) is 0.444. The number of benzene rings is 1. The number of carbonyl (C=O) groups excluding carboxylic acids is 1. The highest BCUT2D eigenvalue weighted by Crippen LogP contribution is 2.29. The molecule has 1 saturated carbocycles. The van der Waals surface area contributed by atoms with Crippen molar-refractivity contribution in [2.24, 2.45) is 11.8 Å². The minimum Gasteiger partial charge on any atom is -0.352 e. The lowest BCUT2D eigenvalue weighted by molar-refractivity contribution is 0.0942. The smallest absolute Gasteiger partial charge is 0.253 e. The molecule has 5 heteroatoms. The summed E-state index contributed by atoms with van der Waals surface area (Å²) in [5.41, 5.74) is 1.16. The van der Waals surface area contributed by atoms with Gasteiger partial charge in [-0.2, -0.15) is 0 Å². The highest BCUT2D eigenvalue weighted by molar-refractivity contribution is 6.35. The highest BCUT2D eigenvalue weighted by Gasteiger charge is 2.21. The molecule has 3 nitrogen and oxygen atoms in total. The van der Waals surface area contributed by atoms with E-state index in [2.05, 4.69) is 17.2 Å². The summed E-state index contributed by atoms with van der Waals surface area (Å²) in [4.78, 5) is 16.9. The van der Waals surface area contributed by atoms with Crippen LogP contribution in [0.3, 0.4) is 0 Å². The monoisotopic (exact) mass is 350 g/mol. The van der Waals surface area contributed by atoms with Crippen molar-refractivity contribution < 1.29 is 4.79 Å². The Balaban J connectivity index is 1.79. The topological polar surface area (TPSA) is 42.0 Å². The Kier molecular flexibility index (Phi) is 5.08. The second-order valence-corrected chi connectivity index (χ2v) is 7.27. The standard InChI is InChI=1S/C18H20Cl2N2O/c1-11-3-2-4-12(9-11)10-21-18(23)17-13-5-8-16(20)22-15(13)7-6-14(17)19/h5-8,11-12H,2-4,9-10H2,1H3,(H,21,23). The maximum Gasteiger partial charge on any atom is 0.253 e. The zero-order valence-electron chi connectivity index (χ0n) is 13.1. The van der Waals surface area contributed by atoms with Gasteiger partial charge in [-0.05, 0) is 48.9 Å². The molecule has 1 aromatic carbocycles. The molecule has 1 fully saturated rings. The van der Waals surface area contributed by atoms with Crippen LogP contribution in [0.4, 0.5) is 0 Å². The highest BCUT2D eigenvalue weighted by atomic mass is 35.5. The number of amides is 1. The van der Waals surface area contributed by atoms with Crippen molar-refractivity contribution >= 4 is 40.0 Å². The summed E-state index contributed by atoms with van der Waals surface area (Å²) in [5.74, 6) is 1.17. The van der Waals surface area contributed by atoms with Crippen LogP contribution < -0.4 is 5.32 Å². The van der Waals surface area contributed by atoms with Crippen molar-refractivity contribution in [2.75, 3.05) is 6.54 Å². The molecule has 2 aromatic rings. The molecule has 1 aromatic heterocycles. The van der Waals surface area contributed by atoms with Crippen LogP contribution in [0.5, 0.6) is 0 Å². The Morgan fingerprint density at radius 2 is 2.09 bits per heavy atom. The van der Waals surface area contributed by atoms with Gasteiger partial charge in [0.05, 0.1) is 16.1 Å². The maximum atomic E-state index is 12.6. The van der Waals surface area contributed by atoms with Crippen LogP contribution >= 0.6 is 23.2 Å². The Bertz CT molecular complexity index is 732. The molecule has 1 N–H and O–H groups in total. The summed E-state index contributed by atoms with van der Waals surface area (Å²) >= 11 is 12.2. The van der Waals surface area contributed by atoms with E-state index in [1.54, 1.807) is 24.3 Å². The minimum atomic E-state index is -0.136. The Hall–Kier alpha value is -1.32. The van der Waals surface area contributed by atoms with Gasteiger partial charge < -0.3 is 5.32 Å². The third-order valence-corrected chi connectivity index (χ3v) is 5.14. The number of carbonyl (C=O) groups is 1. The quantitative estimate of drug-likeness (QED) is 0.782. The van der Waals surface area contributed by atoms with Gasteiger partial charge in [0.25, 0.3) is 5.91 Å². The third kappa shape index (κ3) is 3.78. The van der Waals surface area contributed by atoms with E-state index in [-0.39, 0.29) is 5.91 Å². The molecule has 2 atom stereocenters. The second-order valence-electron chi connectivity index (χ2n) is 6.47. The predicted octanol–water partition coefficient (Wildman–Crippen LogP) is 5.10. The van der Waals surface area contributed by atoms with E-state index in [0.29, 0.717) is 33.7 Å². The number of fused-ring (bicyclic) bond motifs is 1. The molecule has 122 valence electrons. The Labute approximate surface area is 146 Å². The SMILES string of the molecule is CC1CCCC(CNC(=O)c2c(Cl)ccc3nc(Cl)ccc23)C1. The first-order valence-electron chi connectivity index (χ1n) is 8.07. The summed E-state index contributed by atoms with van der Waals surface area (Å²) in [7, 11) is 0. The van der Waals surface area contributed by atoms with Gasteiger partial charge in [0.2, 0.25) is 0 Å². The predicted molar refractivity (Wildman–Crippen MR) is 95.2 cm³/mol. The number of nitrogens with zero attached hydrogens (tertiary/aromatic N) is 1. The molecule has 23 heavy (non-hydrogen) atoms. The van der Waals surface area contributed by atoms with Crippen LogP contribution in [0.2, 0.25) is 10.2 Å². The van der Waals surface area contributed by atoms with E-state index in [0.717, 1.165) is 11.3 Å². The van der Waals surface area contributed by atoms with Crippen LogP contribution in [0.15, 0.2) is 24.3 Å². The van der Waals surface area contributed by atoms with Gasteiger partial charge in [-0.3, -0.25) is 4.79 Å². The summed E-state index contributed by atoms with van der Waals surface area (Å²) in [6.45, 7) is 2.99. The molecular weight excluding hydrogens is 331 g/mol. The van der Waals surface area contributed by atoms with E-state index in [1.807, 2.05) is 0 Å². The molecule has 0 saturated heterocycles. The summed E-state index contributed by atoms with van der Waals surface area (Å²) in [5, 5.41) is 4.63. The van der Waals surface area contributed by atoms with Crippen molar-refractivity contribution in [3.63, 3.8) is 0 Å². The number of rotatable bonds is 3. The zero-order chi connectivity index (χ0) is 16.4. The molecular formula is C18H20Cl2N2O. The van der Waals surface area contributed by atoms with Crippen LogP contribution in [-0.4, -0.2) is 17.4 Å². The van der Waals surface area contributed by atoms with Gasteiger partial charge in [0.15, 0.2) is 0 Å². The molecule has 0 bridgehead atoms. The molecule has 1 heterocycles. The van der Waals surface area contributed by atoms with E-state index in [4.69, 9.17) is 23.2 Å². The minimum absolute atomic E-state index is 0.136. The van der Waals surface area contributed by atoms with Gasteiger partial charge >= 0.3 is 0 Å². The Morgan fingerprint density at radius 3 is 2.87 bits per heavy atom. The van der Waals surface area contributed by atoms with E-state index in [1.165, 1.54) is 25.7 Å². The summed E-state index contributed by atoms with van der Waals surface area (Å²) in [6.07, 6.45) is 4.91.